The minimum absolute atomic E-state index is 0.0675. The van der Waals surface area contributed by atoms with Gasteiger partial charge in [-0.05, 0) is 55.3 Å². The molecule has 2 heterocycles. The van der Waals surface area contributed by atoms with Crippen molar-refractivity contribution in [3.63, 3.8) is 0 Å². The Kier molecular flexibility index (Phi) is 6.77. The zero-order chi connectivity index (χ0) is 21.6. The number of piperidine rings is 1. The summed E-state index contributed by atoms with van der Waals surface area (Å²) in [4.78, 5) is 28.8. The molecule has 1 saturated heterocycles. The molecule has 0 radical (unpaired) electrons. The molecule has 1 amide bonds. The molecule has 0 spiro atoms. The van der Waals surface area contributed by atoms with Crippen LogP contribution >= 0.6 is 11.8 Å². The fourth-order valence-electron chi connectivity index (χ4n) is 3.79. The Balaban J connectivity index is 1.34. The highest BCUT2D eigenvalue weighted by Gasteiger charge is 2.30. The summed E-state index contributed by atoms with van der Waals surface area (Å²) in [6.45, 7) is 1.11. The van der Waals surface area contributed by atoms with Gasteiger partial charge < -0.3 is 14.1 Å². The fraction of sp³-hybridized carbons (Fsp3) is 0.280. The number of ketones is 1. The van der Waals surface area contributed by atoms with Crippen LogP contribution in [0.25, 0.3) is 0 Å². The lowest BCUT2D eigenvalue weighted by molar-refractivity contribution is 0.0623. The Morgan fingerprint density at radius 3 is 2.42 bits per heavy atom. The lowest BCUT2D eigenvalue weighted by atomic mass is 9.88. The van der Waals surface area contributed by atoms with Crippen LogP contribution in [0.3, 0.4) is 0 Å². The van der Waals surface area contributed by atoms with Gasteiger partial charge >= 0.3 is 0 Å². The van der Waals surface area contributed by atoms with Gasteiger partial charge in [0.1, 0.15) is 5.75 Å². The maximum Gasteiger partial charge on any atom is 0.289 e. The Labute approximate surface area is 186 Å². The molecule has 5 nitrogen and oxygen atoms in total. The molecule has 0 atom stereocenters. The normalized spacial score (nSPS) is 14.4. The van der Waals surface area contributed by atoms with Crippen LogP contribution in [0.1, 0.15) is 39.3 Å². The third kappa shape index (κ3) is 5.02. The van der Waals surface area contributed by atoms with Gasteiger partial charge in [-0.2, -0.15) is 0 Å². The van der Waals surface area contributed by atoms with Crippen LogP contribution in [0.15, 0.2) is 76.2 Å². The molecule has 0 aliphatic carbocycles. The van der Waals surface area contributed by atoms with Crippen molar-refractivity contribution in [3.05, 3.63) is 83.8 Å². The summed E-state index contributed by atoms with van der Waals surface area (Å²) >= 11 is 1.68. The molecule has 1 aromatic heterocycles. The van der Waals surface area contributed by atoms with E-state index in [1.54, 1.807) is 54.3 Å². The standard InChI is InChI=1S/C25H25NO4S/c1-29-21-9-7-18(8-10-21)23(27)19-11-14-26(15-12-19)25(28)24-20(13-16-30-24)17-31-22-5-3-2-4-6-22/h2-10,13,16,19H,11-12,14-15,17H2,1H3. The number of hydrogen-bond acceptors (Lipinski definition) is 5. The number of nitrogens with zero attached hydrogens (tertiary/aromatic N) is 1. The predicted octanol–water partition coefficient (Wildman–Crippen LogP) is 5.32. The van der Waals surface area contributed by atoms with E-state index in [0.717, 1.165) is 16.2 Å². The fourth-order valence-corrected chi connectivity index (χ4v) is 4.69. The Bertz CT molecular complexity index is 1020. The molecule has 0 N–H and O–H groups in total. The van der Waals surface area contributed by atoms with Gasteiger partial charge in [-0.25, -0.2) is 0 Å². The maximum atomic E-state index is 13.0. The smallest absolute Gasteiger partial charge is 0.289 e. The van der Waals surface area contributed by atoms with Gasteiger partial charge in [0.15, 0.2) is 11.5 Å². The van der Waals surface area contributed by atoms with Crippen molar-refractivity contribution < 1.29 is 18.7 Å². The number of carbonyl (C=O) groups is 2. The lowest BCUT2D eigenvalue weighted by Gasteiger charge is -2.31. The summed E-state index contributed by atoms with van der Waals surface area (Å²) in [5, 5.41) is 0. The van der Waals surface area contributed by atoms with Crippen LogP contribution in [0.2, 0.25) is 0 Å². The van der Waals surface area contributed by atoms with Gasteiger partial charge in [0.05, 0.1) is 13.4 Å². The number of thioether (sulfide) groups is 1. The van der Waals surface area contributed by atoms with E-state index in [1.165, 1.54) is 0 Å². The lowest BCUT2D eigenvalue weighted by Crippen LogP contribution is -2.40. The number of hydrogen-bond donors (Lipinski definition) is 0. The molecular formula is C25H25NO4S. The van der Waals surface area contributed by atoms with E-state index in [9.17, 15) is 9.59 Å². The maximum absolute atomic E-state index is 13.0. The van der Waals surface area contributed by atoms with E-state index in [0.29, 0.717) is 43.0 Å². The molecular weight excluding hydrogens is 410 g/mol. The van der Waals surface area contributed by atoms with Gasteiger partial charge in [0, 0.05) is 40.8 Å². The predicted molar refractivity (Wildman–Crippen MR) is 121 cm³/mol. The quantitative estimate of drug-likeness (QED) is 0.372. The average Bonchev–Trinajstić information content (AvgIpc) is 3.31. The Hall–Kier alpha value is -2.99. The zero-order valence-corrected chi connectivity index (χ0v) is 18.3. The highest BCUT2D eigenvalue weighted by Crippen LogP contribution is 2.28. The Morgan fingerprint density at radius 2 is 1.74 bits per heavy atom. The van der Waals surface area contributed by atoms with Crippen molar-refractivity contribution in [1.82, 2.24) is 4.90 Å². The van der Waals surface area contributed by atoms with Crippen molar-refractivity contribution in [1.29, 1.82) is 0 Å². The first-order chi connectivity index (χ1) is 15.2. The minimum Gasteiger partial charge on any atom is -0.497 e. The molecule has 0 bridgehead atoms. The zero-order valence-electron chi connectivity index (χ0n) is 17.5. The number of carbonyl (C=O) groups excluding carboxylic acids is 2. The SMILES string of the molecule is COc1ccc(C(=O)C2CCN(C(=O)c3occc3CSc3ccccc3)CC2)cc1. The van der Waals surface area contributed by atoms with Gasteiger partial charge in [0.2, 0.25) is 0 Å². The number of benzene rings is 2. The largest absolute Gasteiger partial charge is 0.497 e. The molecule has 0 unspecified atom stereocenters. The first-order valence-electron chi connectivity index (χ1n) is 10.4. The van der Waals surface area contributed by atoms with Gasteiger partial charge in [-0.1, -0.05) is 18.2 Å². The van der Waals surface area contributed by atoms with Crippen LogP contribution in [0, 0.1) is 5.92 Å². The van der Waals surface area contributed by atoms with E-state index >= 15 is 0 Å². The number of likely N-dealkylation sites (tertiary alicyclic amines) is 1. The molecule has 4 rings (SSSR count). The second-order valence-electron chi connectivity index (χ2n) is 7.54. The molecule has 1 aliphatic heterocycles. The van der Waals surface area contributed by atoms with Crippen molar-refractivity contribution >= 4 is 23.5 Å². The number of amides is 1. The van der Waals surface area contributed by atoms with E-state index in [4.69, 9.17) is 9.15 Å². The molecule has 6 heteroatoms. The van der Waals surface area contributed by atoms with Crippen molar-refractivity contribution in [2.24, 2.45) is 5.92 Å². The summed E-state index contributed by atoms with van der Waals surface area (Å²) in [5.41, 5.74) is 1.59. The summed E-state index contributed by atoms with van der Waals surface area (Å²) in [6, 6.07) is 19.2. The van der Waals surface area contributed by atoms with Crippen molar-refractivity contribution in [2.75, 3.05) is 20.2 Å². The third-order valence-corrected chi connectivity index (χ3v) is 6.67. The monoisotopic (exact) mass is 435 g/mol. The van der Waals surface area contributed by atoms with Crippen LogP contribution in [-0.2, 0) is 5.75 Å². The molecule has 160 valence electrons. The van der Waals surface area contributed by atoms with Gasteiger partial charge in [-0.3, -0.25) is 9.59 Å². The van der Waals surface area contributed by atoms with E-state index < -0.39 is 0 Å². The molecule has 1 fully saturated rings. The summed E-state index contributed by atoms with van der Waals surface area (Å²) in [6.07, 6.45) is 2.89. The minimum atomic E-state index is -0.0935. The van der Waals surface area contributed by atoms with Gasteiger partial charge in [-0.15, -0.1) is 11.8 Å². The number of Topliss-reactive ketones (excluding diaryl/α,β-unsaturated/α-hetero) is 1. The molecule has 3 aromatic rings. The summed E-state index contributed by atoms with van der Waals surface area (Å²) in [7, 11) is 1.61. The average molecular weight is 436 g/mol. The van der Waals surface area contributed by atoms with Gasteiger partial charge in [0.25, 0.3) is 5.91 Å². The molecule has 2 aromatic carbocycles. The highest BCUT2D eigenvalue weighted by molar-refractivity contribution is 7.98. The van der Waals surface area contributed by atoms with Crippen LogP contribution in [0.5, 0.6) is 5.75 Å². The summed E-state index contributed by atoms with van der Waals surface area (Å²) < 4.78 is 10.7. The Morgan fingerprint density at radius 1 is 1.03 bits per heavy atom. The molecule has 31 heavy (non-hydrogen) atoms. The molecule has 1 aliphatic rings. The number of ether oxygens (including phenoxy) is 1. The van der Waals surface area contributed by atoms with Crippen molar-refractivity contribution in [3.8, 4) is 5.75 Å². The third-order valence-electron chi connectivity index (χ3n) is 5.61. The number of methoxy groups -OCH3 is 1. The second kappa shape index (κ2) is 9.88. The summed E-state index contributed by atoms with van der Waals surface area (Å²) in [5.74, 6) is 1.78. The highest BCUT2D eigenvalue weighted by atomic mass is 32.2. The van der Waals surface area contributed by atoms with Crippen LogP contribution in [0.4, 0.5) is 0 Å². The van der Waals surface area contributed by atoms with Crippen LogP contribution < -0.4 is 4.74 Å². The second-order valence-corrected chi connectivity index (χ2v) is 8.58. The molecule has 0 saturated carbocycles. The first kappa shape index (κ1) is 21.2. The first-order valence-corrected chi connectivity index (χ1v) is 11.4. The topological polar surface area (TPSA) is 59.8 Å². The van der Waals surface area contributed by atoms with Crippen molar-refractivity contribution in [2.45, 2.75) is 23.5 Å². The van der Waals surface area contributed by atoms with E-state index in [1.807, 2.05) is 24.3 Å². The van der Waals surface area contributed by atoms with E-state index in [-0.39, 0.29) is 17.6 Å². The van der Waals surface area contributed by atoms with E-state index in [2.05, 4.69) is 12.1 Å². The number of rotatable bonds is 7. The van der Waals surface area contributed by atoms with Crippen LogP contribution in [-0.4, -0.2) is 36.8 Å². The number of furan rings is 1.